The molecule has 3 nitrogen and oxygen atoms in total. The van der Waals surface area contributed by atoms with Crippen molar-refractivity contribution >= 4 is 23.0 Å². The Kier molecular flexibility index (Phi) is 3.80. The van der Waals surface area contributed by atoms with E-state index in [2.05, 4.69) is 4.18 Å². The lowest BCUT2D eigenvalue weighted by molar-refractivity contribution is 0.276. The molecule has 1 rings (SSSR count). The first-order chi connectivity index (χ1) is 6.09. The van der Waals surface area contributed by atoms with Gasteiger partial charge in [0.15, 0.2) is 5.56 Å². The van der Waals surface area contributed by atoms with Crippen LogP contribution >= 0.6 is 11.6 Å². The highest BCUT2D eigenvalue weighted by molar-refractivity contribution is 7.74. The monoisotopic (exact) mass is 223 g/mol. The Morgan fingerprint density at radius 3 is 2.85 bits per heavy atom. The Bertz CT molecular complexity index is 320. The summed E-state index contributed by atoms with van der Waals surface area (Å²) in [6.07, 6.45) is 0. The molecule has 72 valence electrons. The smallest absolute Gasteiger partial charge is 0.172 e. The van der Waals surface area contributed by atoms with Crippen LogP contribution in [-0.4, -0.2) is 8.76 Å². The molecule has 0 aliphatic rings. The van der Waals surface area contributed by atoms with Crippen LogP contribution in [0.5, 0.6) is 0 Å². The van der Waals surface area contributed by atoms with Crippen molar-refractivity contribution in [1.29, 1.82) is 0 Å². The topological polar surface area (TPSA) is 49.4 Å². The van der Waals surface area contributed by atoms with Gasteiger partial charge in [-0.1, -0.05) is 23.7 Å². The Morgan fingerprint density at radius 2 is 2.31 bits per heavy atom. The Morgan fingerprint density at radius 1 is 1.62 bits per heavy atom. The third kappa shape index (κ3) is 3.40. The largest absolute Gasteiger partial charge is 0.750 e. The van der Waals surface area contributed by atoms with Crippen LogP contribution in [-0.2, 0) is 15.5 Å². The summed E-state index contributed by atoms with van der Waals surface area (Å²) in [6.45, 7) is 0. The molecule has 0 aliphatic heterocycles. The van der Waals surface area contributed by atoms with Crippen molar-refractivity contribution in [2.24, 2.45) is 0 Å². The summed E-state index contributed by atoms with van der Waals surface area (Å²) >= 11 is 2.78. The first-order valence-electron chi connectivity index (χ1n) is 3.25. The zero-order valence-electron chi connectivity index (χ0n) is 6.28. The number of halogens is 2. The Balaban J connectivity index is 2.76. The van der Waals surface area contributed by atoms with Gasteiger partial charge >= 0.3 is 0 Å². The second-order valence-corrected chi connectivity index (χ2v) is 3.17. The number of rotatable bonds is 3. The summed E-state index contributed by atoms with van der Waals surface area (Å²) in [7, 11) is 0. The Hall–Kier alpha value is -0.490. The minimum atomic E-state index is -2.71. The number of hydrogen-bond acceptors (Lipinski definition) is 3. The maximum Gasteiger partial charge on any atom is 0.172 e. The molecule has 13 heavy (non-hydrogen) atoms. The van der Waals surface area contributed by atoms with Crippen molar-refractivity contribution < 1.29 is 17.3 Å². The van der Waals surface area contributed by atoms with Crippen molar-refractivity contribution in [1.82, 2.24) is 0 Å². The average molecular weight is 224 g/mol. The minimum Gasteiger partial charge on any atom is -0.750 e. The van der Waals surface area contributed by atoms with Gasteiger partial charge in [-0.15, -0.1) is 0 Å². The molecule has 0 heterocycles. The summed E-state index contributed by atoms with van der Waals surface area (Å²) in [5.74, 6) is -0.497. The summed E-state index contributed by atoms with van der Waals surface area (Å²) in [5, 5.41) is 0. The van der Waals surface area contributed by atoms with Gasteiger partial charge in [0.05, 0.1) is 11.4 Å². The normalized spacial score (nSPS) is 15.3. The molecule has 0 saturated heterocycles. The van der Waals surface area contributed by atoms with E-state index < -0.39 is 22.7 Å². The highest BCUT2D eigenvalue weighted by Gasteiger charge is 2.08. The van der Waals surface area contributed by atoms with Gasteiger partial charge in [-0.05, 0) is 17.7 Å². The van der Waals surface area contributed by atoms with E-state index in [4.69, 9.17) is 11.6 Å². The molecule has 0 bridgehead atoms. The van der Waals surface area contributed by atoms with Gasteiger partial charge in [0, 0.05) is 0 Å². The molecule has 0 aromatic heterocycles. The highest BCUT2D eigenvalue weighted by atomic mass is 35.5. The molecule has 1 aromatic carbocycles. The second-order valence-electron chi connectivity index (χ2n) is 2.17. The van der Waals surface area contributed by atoms with E-state index in [0.717, 1.165) is 6.07 Å². The molecule has 6 heteroatoms. The summed E-state index contributed by atoms with van der Waals surface area (Å²) in [6, 6.07) is 5.20. The molecule has 0 saturated carbocycles. The zero-order valence-corrected chi connectivity index (χ0v) is 7.85. The lowest BCUT2D eigenvalue weighted by atomic mass is 10.2. The van der Waals surface area contributed by atoms with E-state index in [1.54, 1.807) is 0 Å². The maximum absolute atomic E-state index is 12.6. The van der Waals surface area contributed by atoms with Crippen molar-refractivity contribution in [2.45, 2.75) is 5.56 Å². The predicted octanol–water partition coefficient (Wildman–Crippen LogP) is 1.87. The molecule has 1 aromatic rings. The standard InChI is InChI=1S/C7H6ClFO3S/c8-7(12-13(10)11)5-2-1-3-6(9)4-5/h1-4,7H,(H,10,11)/p-1. The van der Waals surface area contributed by atoms with E-state index in [1.807, 2.05) is 0 Å². The van der Waals surface area contributed by atoms with Crippen LogP contribution in [0.25, 0.3) is 0 Å². The van der Waals surface area contributed by atoms with Crippen molar-refractivity contribution in [2.75, 3.05) is 0 Å². The lowest BCUT2D eigenvalue weighted by Crippen LogP contribution is -2.00. The Labute approximate surface area is 82.0 Å². The van der Waals surface area contributed by atoms with E-state index in [-0.39, 0.29) is 5.56 Å². The summed E-state index contributed by atoms with van der Waals surface area (Å²) in [4.78, 5) is 0. The van der Waals surface area contributed by atoms with Gasteiger partial charge < -0.3 is 4.55 Å². The van der Waals surface area contributed by atoms with Crippen LogP contribution in [0.15, 0.2) is 24.3 Å². The molecule has 0 amide bonds. The third-order valence-electron chi connectivity index (χ3n) is 1.27. The highest BCUT2D eigenvalue weighted by Crippen LogP contribution is 2.22. The number of hydrogen-bond donors (Lipinski definition) is 0. The van der Waals surface area contributed by atoms with Crippen LogP contribution < -0.4 is 0 Å². The fourth-order valence-electron chi connectivity index (χ4n) is 0.772. The quantitative estimate of drug-likeness (QED) is 0.581. The molecular weight excluding hydrogens is 219 g/mol. The van der Waals surface area contributed by atoms with Crippen LogP contribution in [0.4, 0.5) is 4.39 Å². The molecular formula is C7H5ClFO3S-. The zero-order chi connectivity index (χ0) is 9.84. The third-order valence-corrected chi connectivity index (χ3v) is 2.07. The van der Waals surface area contributed by atoms with Crippen molar-refractivity contribution in [3.8, 4) is 0 Å². The first kappa shape index (κ1) is 10.6. The molecule has 0 aliphatic carbocycles. The van der Waals surface area contributed by atoms with Gasteiger partial charge in [-0.2, -0.15) is 0 Å². The molecule has 2 unspecified atom stereocenters. The second kappa shape index (κ2) is 4.66. The van der Waals surface area contributed by atoms with Crippen LogP contribution in [0, 0.1) is 5.82 Å². The molecule has 2 atom stereocenters. The van der Waals surface area contributed by atoms with Gasteiger partial charge in [-0.3, -0.25) is 4.18 Å². The molecule has 0 spiro atoms. The number of benzene rings is 1. The van der Waals surface area contributed by atoms with Gasteiger partial charge in [0.2, 0.25) is 0 Å². The first-order valence-corrected chi connectivity index (χ1v) is 4.69. The van der Waals surface area contributed by atoms with Crippen LogP contribution in [0.2, 0.25) is 0 Å². The molecule has 0 fully saturated rings. The van der Waals surface area contributed by atoms with Gasteiger partial charge in [0.25, 0.3) is 0 Å². The van der Waals surface area contributed by atoms with Crippen molar-refractivity contribution in [3.63, 3.8) is 0 Å². The minimum absolute atomic E-state index is 0.255. The molecule has 0 N–H and O–H groups in total. The lowest BCUT2D eigenvalue weighted by Gasteiger charge is -2.11. The van der Waals surface area contributed by atoms with Gasteiger partial charge in [0.1, 0.15) is 5.82 Å². The summed E-state index contributed by atoms with van der Waals surface area (Å²) in [5.41, 5.74) is -0.931. The van der Waals surface area contributed by atoms with E-state index in [1.165, 1.54) is 18.2 Å². The fraction of sp³-hybridized carbons (Fsp3) is 0.143. The SMILES string of the molecule is O=S([O-])OC(Cl)c1cccc(F)c1. The van der Waals surface area contributed by atoms with Crippen LogP contribution in [0.1, 0.15) is 11.1 Å². The summed E-state index contributed by atoms with van der Waals surface area (Å²) < 4.78 is 36.9. The van der Waals surface area contributed by atoms with E-state index in [0.29, 0.717) is 0 Å². The average Bonchev–Trinajstić information content (AvgIpc) is 2.03. The van der Waals surface area contributed by atoms with Gasteiger partial charge in [-0.25, -0.2) is 8.60 Å². The maximum atomic E-state index is 12.6. The van der Waals surface area contributed by atoms with Crippen molar-refractivity contribution in [3.05, 3.63) is 35.6 Å². The van der Waals surface area contributed by atoms with E-state index >= 15 is 0 Å². The predicted molar refractivity (Wildman–Crippen MR) is 45.0 cm³/mol. The van der Waals surface area contributed by atoms with E-state index in [9.17, 15) is 13.2 Å². The molecule has 0 radical (unpaired) electrons. The fourth-order valence-corrected chi connectivity index (χ4v) is 1.34. The number of alkyl halides is 1. The van der Waals surface area contributed by atoms with Crippen LogP contribution in [0.3, 0.4) is 0 Å².